The summed E-state index contributed by atoms with van der Waals surface area (Å²) in [4.78, 5) is 46.4. The summed E-state index contributed by atoms with van der Waals surface area (Å²) in [5, 5.41) is 0.537. The molecule has 0 bridgehead atoms. The maximum atomic E-state index is 14.6. The number of nitrogens with zero attached hydrogens (tertiary/aromatic N) is 4. The first kappa shape index (κ1) is 36.0. The Balaban J connectivity index is 1.14. The number of likely N-dealkylation sites (N-methyl/N-ethyl adjacent to an activating group) is 1. The second kappa shape index (κ2) is 14.7. The van der Waals surface area contributed by atoms with Crippen LogP contribution in [-0.2, 0) is 29.2 Å². The second-order valence-corrected chi connectivity index (χ2v) is 15.9. The van der Waals surface area contributed by atoms with Crippen molar-refractivity contribution in [2.24, 2.45) is 5.92 Å². The fourth-order valence-corrected chi connectivity index (χ4v) is 9.17. The molecule has 3 aliphatic heterocycles. The first-order valence-corrected chi connectivity index (χ1v) is 19.7. The summed E-state index contributed by atoms with van der Waals surface area (Å²) in [5.74, 6) is -1.24. The lowest BCUT2D eigenvalue weighted by Crippen LogP contribution is -2.42. The number of piperidine rings is 1. The van der Waals surface area contributed by atoms with Gasteiger partial charge in [0.1, 0.15) is 11.5 Å². The van der Waals surface area contributed by atoms with Crippen molar-refractivity contribution in [3.05, 3.63) is 144 Å². The summed E-state index contributed by atoms with van der Waals surface area (Å²) in [7, 11) is -0.0452. The number of imide groups is 1. The third kappa shape index (κ3) is 6.83. The molecule has 1 atom stereocenters. The van der Waals surface area contributed by atoms with E-state index in [0.717, 1.165) is 33.8 Å². The van der Waals surface area contributed by atoms with Crippen molar-refractivity contribution in [1.29, 1.82) is 0 Å². The Morgan fingerprint density at radius 1 is 0.782 bits per heavy atom. The van der Waals surface area contributed by atoms with Crippen LogP contribution in [-0.4, -0.2) is 68.8 Å². The number of anilines is 3. The fourth-order valence-electron chi connectivity index (χ4n) is 7.51. The number of hydrogen-bond donors (Lipinski definition) is 0. The van der Waals surface area contributed by atoms with Gasteiger partial charge in [0.25, 0.3) is 11.8 Å². The number of sulfonamides is 1. The fraction of sp³-hybridized carbons (Fsp3) is 0.233. The van der Waals surface area contributed by atoms with E-state index in [2.05, 4.69) is 22.0 Å². The van der Waals surface area contributed by atoms with Gasteiger partial charge in [0, 0.05) is 85.4 Å². The molecule has 55 heavy (non-hydrogen) atoms. The van der Waals surface area contributed by atoms with Crippen LogP contribution in [0.4, 0.5) is 17.1 Å². The minimum Gasteiger partial charge on any atom is -0.456 e. The molecule has 4 aliphatic rings. The zero-order valence-corrected chi connectivity index (χ0v) is 31.3. The Bertz CT molecular complexity index is 2350. The zero-order valence-electron chi connectivity index (χ0n) is 30.5. The van der Waals surface area contributed by atoms with Gasteiger partial charge in [-0.3, -0.25) is 9.59 Å². The summed E-state index contributed by atoms with van der Waals surface area (Å²) >= 11 is 0. The van der Waals surface area contributed by atoms with Crippen molar-refractivity contribution < 1.29 is 32.4 Å². The molecule has 4 aromatic rings. The monoisotopic (exact) mass is 756 g/mol. The number of hydrogen-bond acceptors (Lipinski definition) is 9. The molecule has 11 nitrogen and oxygen atoms in total. The molecule has 0 radical (unpaired) electrons. The number of hydroxylamine groups is 2. The van der Waals surface area contributed by atoms with E-state index in [9.17, 15) is 22.8 Å². The van der Waals surface area contributed by atoms with Gasteiger partial charge in [0.05, 0.1) is 16.9 Å². The Hall–Kier alpha value is -5.98. The lowest BCUT2D eigenvalue weighted by atomic mass is 9.86. The lowest BCUT2D eigenvalue weighted by Gasteiger charge is -2.34. The SMILES string of the molecule is CN(c1ccccc1)c1ccc2c(c1)OC1=CC(N(C)c3ccccc3)C=CC1=C2c1ccccc1S(=O)(=O)N1CCC(C(=O)ON2C(=O)CCC2=O)CC1. The first-order valence-electron chi connectivity index (χ1n) is 18.3. The summed E-state index contributed by atoms with van der Waals surface area (Å²) in [6.07, 6.45) is 6.53. The molecule has 8 rings (SSSR count). The van der Waals surface area contributed by atoms with Crippen LogP contribution in [0.5, 0.6) is 5.75 Å². The molecule has 4 aromatic carbocycles. The van der Waals surface area contributed by atoms with Gasteiger partial charge in [-0.15, -0.1) is 5.06 Å². The molecule has 0 N–H and O–H groups in total. The third-order valence-corrected chi connectivity index (χ3v) is 12.6. The van der Waals surface area contributed by atoms with Gasteiger partial charge < -0.3 is 19.4 Å². The predicted octanol–water partition coefficient (Wildman–Crippen LogP) is 6.62. The van der Waals surface area contributed by atoms with E-state index in [0.29, 0.717) is 22.1 Å². The molecule has 2 saturated heterocycles. The van der Waals surface area contributed by atoms with Crippen LogP contribution in [0, 0.1) is 5.92 Å². The van der Waals surface area contributed by atoms with Gasteiger partial charge in [-0.2, -0.15) is 4.31 Å². The van der Waals surface area contributed by atoms with Gasteiger partial charge in [-0.05, 0) is 61.4 Å². The third-order valence-electron chi connectivity index (χ3n) is 10.7. The molecule has 1 aliphatic carbocycles. The van der Waals surface area contributed by atoms with Crippen molar-refractivity contribution in [2.75, 3.05) is 37.0 Å². The summed E-state index contributed by atoms with van der Waals surface area (Å²) in [6.45, 7) is 0.134. The van der Waals surface area contributed by atoms with Crippen LogP contribution >= 0.6 is 0 Å². The average molecular weight is 757 g/mol. The summed E-state index contributed by atoms with van der Waals surface area (Å²) < 4.78 is 37.3. The number of rotatable bonds is 9. The van der Waals surface area contributed by atoms with Gasteiger partial charge >= 0.3 is 5.97 Å². The van der Waals surface area contributed by atoms with Gasteiger partial charge in [-0.25, -0.2) is 13.2 Å². The zero-order chi connectivity index (χ0) is 38.3. The predicted molar refractivity (Wildman–Crippen MR) is 209 cm³/mol. The van der Waals surface area contributed by atoms with Gasteiger partial charge in [0.2, 0.25) is 10.0 Å². The number of ether oxygens (including phenoxy) is 1. The Morgan fingerprint density at radius 3 is 2.11 bits per heavy atom. The molecule has 0 spiro atoms. The molecular weight excluding hydrogens is 717 g/mol. The topological polar surface area (TPSA) is 117 Å². The highest BCUT2D eigenvalue weighted by Gasteiger charge is 2.39. The quantitative estimate of drug-likeness (QED) is 0.174. The molecule has 2 amide bonds. The number of amides is 2. The van der Waals surface area contributed by atoms with Gasteiger partial charge in [0.15, 0.2) is 0 Å². The average Bonchev–Trinajstić information content (AvgIpc) is 3.54. The molecule has 3 heterocycles. The highest BCUT2D eigenvalue weighted by Crippen LogP contribution is 2.47. The summed E-state index contributed by atoms with van der Waals surface area (Å²) in [5.41, 5.74) is 5.73. The molecule has 1 unspecified atom stereocenters. The van der Waals surface area contributed by atoms with Crippen LogP contribution in [0.25, 0.3) is 5.57 Å². The van der Waals surface area contributed by atoms with Crippen molar-refractivity contribution in [3.8, 4) is 5.75 Å². The highest BCUT2D eigenvalue weighted by molar-refractivity contribution is 7.89. The number of carbonyl (C=O) groups excluding carboxylic acids is 3. The van der Waals surface area contributed by atoms with Crippen LogP contribution in [0.3, 0.4) is 0 Å². The molecular formula is C43H40N4O7S. The maximum absolute atomic E-state index is 14.6. The molecule has 12 heteroatoms. The van der Waals surface area contributed by atoms with Crippen LogP contribution in [0.1, 0.15) is 36.8 Å². The van der Waals surface area contributed by atoms with E-state index >= 15 is 0 Å². The number of benzene rings is 4. The Labute approximate surface area is 320 Å². The molecule has 0 aromatic heterocycles. The van der Waals surface area contributed by atoms with Crippen molar-refractivity contribution in [3.63, 3.8) is 0 Å². The largest absolute Gasteiger partial charge is 0.456 e. The van der Waals surface area contributed by atoms with E-state index in [1.165, 1.54) is 4.31 Å². The van der Waals surface area contributed by atoms with E-state index in [4.69, 9.17) is 9.57 Å². The van der Waals surface area contributed by atoms with Gasteiger partial charge in [-0.1, -0.05) is 66.7 Å². The van der Waals surface area contributed by atoms with E-state index in [1.807, 2.05) is 111 Å². The first-order chi connectivity index (χ1) is 26.6. The number of para-hydroxylation sites is 2. The highest BCUT2D eigenvalue weighted by atomic mass is 32.2. The number of allylic oxidation sites excluding steroid dienone is 1. The van der Waals surface area contributed by atoms with E-state index in [-0.39, 0.29) is 49.7 Å². The van der Waals surface area contributed by atoms with Crippen molar-refractivity contribution in [1.82, 2.24) is 9.37 Å². The number of carbonyl (C=O) groups is 3. The second-order valence-electron chi connectivity index (χ2n) is 14.0. The van der Waals surface area contributed by atoms with E-state index in [1.54, 1.807) is 12.1 Å². The smallest absolute Gasteiger partial charge is 0.336 e. The van der Waals surface area contributed by atoms with Crippen LogP contribution in [0.15, 0.2) is 138 Å². The normalized spacial score (nSPS) is 18.7. The lowest BCUT2D eigenvalue weighted by molar-refractivity contribution is -0.201. The number of fused-ring (bicyclic) bond motifs is 2. The Morgan fingerprint density at radius 2 is 1.42 bits per heavy atom. The van der Waals surface area contributed by atoms with Crippen molar-refractivity contribution in [2.45, 2.75) is 36.6 Å². The summed E-state index contributed by atoms with van der Waals surface area (Å²) in [6, 6.07) is 32.9. The molecule has 2 fully saturated rings. The minimum atomic E-state index is -4.06. The molecule has 0 saturated carbocycles. The minimum absolute atomic E-state index is 0.00124. The van der Waals surface area contributed by atoms with Crippen molar-refractivity contribution >= 4 is 50.4 Å². The maximum Gasteiger partial charge on any atom is 0.336 e. The Kier molecular flexibility index (Phi) is 9.62. The molecule has 280 valence electrons. The van der Waals surface area contributed by atoms with Crippen LogP contribution < -0.4 is 14.5 Å². The van der Waals surface area contributed by atoms with Crippen LogP contribution in [0.2, 0.25) is 0 Å². The van der Waals surface area contributed by atoms with E-state index < -0.39 is 33.7 Å². The standard InChI is InChI=1S/C43H40N4O7S/c1-44(30-11-5-3-6-12-30)32-17-19-34-37(27-32)53-38-28-33(45(2)31-13-7-4-8-14-31)18-20-35(38)42(34)36-15-9-10-16-39(36)55(51,52)46-25-23-29(24-26-46)43(50)54-47-40(48)21-22-41(47)49/h3-20,27-29,32H,21-26H2,1-2H3.